The first-order valence-corrected chi connectivity index (χ1v) is 15.0. The van der Waals surface area contributed by atoms with Gasteiger partial charge in [0.1, 0.15) is 0 Å². The van der Waals surface area contributed by atoms with Gasteiger partial charge in [-0.2, -0.15) is 0 Å². The predicted molar refractivity (Wildman–Crippen MR) is 182 cm³/mol. The van der Waals surface area contributed by atoms with E-state index in [9.17, 15) is 0 Å². The topological polar surface area (TPSA) is 64.5 Å². The van der Waals surface area contributed by atoms with Gasteiger partial charge in [-0.25, -0.2) is 15.0 Å². The number of aromatic nitrogens is 5. The molecule has 0 aliphatic rings. The molecule has 3 aromatic heterocycles. The third-order valence-electron chi connectivity index (χ3n) is 7.75. The Balaban J connectivity index is 1.40. The zero-order valence-corrected chi connectivity index (χ0v) is 25.4. The lowest BCUT2D eigenvalue weighted by atomic mass is 9.97. The Bertz CT molecular complexity index is 2050. The van der Waals surface area contributed by atoms with Gasteiger partial charge in [0.2, 0.25) is 0 Å². The van der Waals surface area contributed by atoms with E-state index in [0.29, 0.717) is 17.5 Å². The maximum Gasteiger partial charge on any atom is 0.164 e. The third kappa shape index (κ3) is 6.01. The van der Waals surface area contributed by atoms with Crippen LogP contribution >= 0.6 is 0 Å². The number of nitrogens with zero attached hydrogens (tertiary/aromatic N) is 5. The molecule has 0 radical (unpaired) electrons. The highest BCUT2D eigenvalue weighted by Gasteiger charge is 2.16. The smallest absolute Gasteiger partial charge is 0.164 e. The van der Waals surface area contributed by atoms with Crippen molar-refractivity contribution in [2.45, 2.75) is 20.8 Å². The van der Waals surface area contributed by atoms with Gasteiger partial charge in [-0.15, -0.1) is 0 Å². The van der Waals surface area contributed by atoms with Crippen molar-refractivity contribution in [2.75, 3.05) is 0 Å². The molecule has 4 aromatic carbocycles. The Morgan fingerprint density at radius 1 is 0.356 bits per heavy atom. The lowest BCUT2D eigenvalue weighted by molar-refractivity contribution is 1.07. The molecule has 0 aliphatic carbocycles. The first-order valence-electron chi connectivity index (χ1n) is 15.0. The summed E-state index contributed by atoms with van der Waals surface area (Å²) in [5, 5.41) is 0. The number of benzene rings is 4. The van der Waals surface area contributed by atoms with Crippen molar-refractivity contribution >= 4 is 0 Å². The van der Waals surface area contributed by atoms with Crippen molar-refractivity contribution in [3.05, 3.63) is 150 Å². The van der Waals surface area contributed by atoms with Gasteiger partial charge in [-0.05, 0) is 79.9 Å². The molecule has 5 heteroatoms. The standard InChI is InChI=1S/C40H31N5/c1-26-21-27(2)41-37(22-26)35-19-20-36(42-28(35)3)33-23-32(29-13-7-4-8-14-29)24-34(25-33)40-44-38(30-15-9-5-10-16-30)43-39(45-40)31-17-11-6-12-18-31/h4-25H,1-3H3. The summed E-state index contributed by atoms with van der Waals surface area (Å²) in [5.41, 5.74) is 11.9. The molecule has 7 aromatic rings. The van der Waals surface area contributed by atoms with Crippen molar-refractivity contribution in [1.29, 1.82) is 0 Å². The molecular weight excluding hydrogens is 550 g/mol. The number of pyridine rings is 2. The minimum Gasteiger partial charge on any atom is -0.253 e. The van der Waals surface area contributed by atoms with E-state index in [1.165, 1.54) is 5.56 Å². The normalized spacial score (nSPS) is 11.0. The summed E-state index contributed by atoms with van der Waals surface area (Å²) in [7, 11) is 0. The van der Waals surface area contributed by atoms with Crippen LogP contribution in [0.5, 0.6) is 0 Å². The van der Waals surface area contributed by atoms with E-state index >= 15 is 0 Å². The Kier molecular flexibility index (Phi) is 7.50. The summed E-state index contributed by atoms with van der Waals surface area (Å²) in [4.78, 5) is 24.8. The molecule has 0 saturated heterocycles. The van der Waals surface area contributed by atoms with Gasteiger partial charge in [-0.3, -0.25) is 9.97 Å². The molecule has 0 fully saturated rings. The molecule has 45 heavy (non-hydrogen) atoms. The second-order valence-electron chi connectivity index (χ2n) is 11.2. The van der Waals surface area contributed by atoms with Gasteiger partial charge < -0.3 is 0 Å². The third-order valence-corrected chi connectivity index (χ3v) is 7.75. The van der Waals surface area contributed by atoms with E-state index in [2.05, 4.69) is 73.7 Å². The molecule has 0 spiro atoms. The predicted octanol–water partition coefficient (Wildman–Crippen LogP) is 9.59. The SMILES string of the molecule is Cc1cc(C)nc(-c2ccc(-c3cc(-c4ccccc4)cc(-c4nc(-c5ccccc5)nc(-c5ccccc5)n4)c3)nc2C)c1. The van der Waals surface area contributed by atoms with E-state index in [4.69, 9.17) is 24.9 Å². The van der Waals surface area contributed by atoms with Gasteiger partial charge in [0.25, 0.3) is 0 Å². The molecule has 0 saturated carbocycles. The lowest BCUT2D eigenvalue weighted by Gasteiger charge is -2.13. The van der Waals surface area contributed by atoms with Crippen molar-refractivity contribution in [1.82, 2.24) is 24.9 Å². The van der Waals surface area contributed by atoms with Crippen LogP contribution in [0.1, 0.15) is 17.0 Å². The first-order chi connectivity index (χ1) is 22.0. The monoisotopic (exact) mass is 581 g/mol. The summed E-state index contributed by atoms with van der Waals surface area (Å²) < 4.78 is 0. The van der Waals surface area contributed by atoms with Crippen LogP contribution in [0.3, 0.4) is 0 Å². The number of aryl methyl sites for hydroxylation is 3. The second-order valence-corrected chi connectivity index (χ2v) is 11.2. The maximum absolute atomic E-state index is 5.09. The Hall–Kier alpha value is -5.81. The van der Waals surface area contributed by atoms with Crippen LogP contribution in [0.15, 0.2) is 133 Å². The summed E-state index contributed by atoms with van der Waals surface area (Å²) in [5.74, 6) is 1.87. The minimum atomic E-state index is 0.606. The van der Waals surface area contributed by atoms with E-state index in [1.54, 1.807) is 0 Å². The molecule has 0 unspecified atom stereocenters. The van der Waals surface area contributed by atoms with E-state index < -0.39 is 0 Å². The quantitative estimate of drug-likeness (QED) is 0.196. The van der Waals surface area contributed by atoms with Gasteiger partial charge in [0.15, 0.2) is 17.5 Å². The Morgan fingerprint density at radius 3 is 1.42 bits per heavy atom. The largest absolute Gasteiger partial charge is 0.253 e. The number of hydrogen-bond acceptors (Lipinski definition) is 5. The Morgan fingerprint density at radius 2 is 0.867 bits per heavy atom. The molecule has 5 nitrogen and oxygen atoms in total. The number of hydrogen-bond donors (Lipinski definition) is 0. The van der Waals surface area contributed by atoms with Gasteiger partial charge in [-0.1, -0.05) is 91.0 Å². The van der Waals surface area contributed by atoms with Crippen molar-refractivity contribution in [3.63, 3.8) is 0 Å². The summed E-state index contributed by atoms with van der Waals surface area (Å²) in [6.45, 7) is 6.17. The fraction of sp³-hybridized carbons (Fsp3) is 0.0750. The molecule has 216 valence electrons. The highest BCUT2D eigenvalue weighted by atomic mass is 15.0. The van der Waals surface area contributed by atoms with Crippen molar-refractivity contribution in [3.8, 4) is 67.8 Å². The van der Waals surface area contributed by atoms with Gasteiger partial charge in [0.05, 0.1) is 11.4 Å². The van der Waals surface area contributed by atoms with E-state index in [0.717, 1.165) is 61.7 Å². The number of rotatable bonds is 6. The lowest BCUT2D eigenvalue weighted by Crippen LogP contribution is -2.01. The summed E-state index contributed by atoms with van der Waals surface area (Å²) in [6.07, 6.45) is 0. The van der Waals surface area contributed by atoms with Crippen LogP contribution in [-0.4, -0.2) is 24.9 Å². The molecular formula is C40H31N5. The Labute approximate surface area is 263 Å². The molecule has 3 heterocycles. The van der Waals surface area contributed by atoms with Crippen molar-refractivity contribution < 1.29 is 0 Å². The highest BCUT2D eigenvalue weighted by molar-refractivity contribution is 5.80. The van der Waals surface area contributed by atoms with Crippen LogP contribution in [-0.2, 0) is 0 Å². The molecule has 7 rings (SSSR count). The van der Waals surface area contributed by atoms with Crippen LogP contribution in [0.4, 0.5) is 0 Å². The molecule has 0 amide bonds. The average Bonchev–Trinajstić information content (AvgIpc) is 3.08. The maximum atomic E-state index is 5.09. The zero-order chi connectivity index (χ0) is 30.8. The van der Waals surface area contributed by atoms with Crippen LogP contribution in [0.2, 0.25) is 0 Å². The fourth-order valence-electron chi connectivity index (χ4n) is 5.61. The second kappa shape index (κ2) is 12.1. The molecule has 0 aliphatic heterocycles. The first kappa shape index (κ1) is 28.0. The summed E-state index contributed by atoms with van der Waals surface area (Å²) in [6, 6.07) is 45.3. The van der Waals surface area contributed by atoms with Crippen LogP contribution in [0.25, 0.3) is 67.8 Å². The van der Waals surface area contributed by atoms with Crippen LogP contribution < -0.4 is 0 Å². The minimum absolute atomic E-state index is 0.606. The van der Waals surface area contributed by atoms with Gasteiger partial charge in [0, 0.05) is 39.2 Å². The molecule has 0 atom stereocenters. The summed E-state index contributed by atoms with van der Waals surface area (Å²) >= 11 is 0. The van der Waals surface area contributed by atoms with E-state index in [1.807, 2.05) is 80.6 Å². The average molecular weight is 582 g/mol. The van der Waals surface area contributed by atoms with Crippen molar-refractivity contribution in [2.24, 2.45) is 0 Å². The van der Waals surface area contributed by atoms with Gasteiger partial charge >= 0.3 is 0 Å². The molecule has 0 bridgehead atoms. The highest BCUT2D eigenvalue weighted by Crippen LogP contribution is 2.34. The molecule has 0 N–H and O–H groups in total. The fourth-order valence-corrected chi connectivity index (χ4v) is 5.61. The van der Waals surface area contributed by atoms with E-state index in [-0.39, 0.29) is 0 Å². The van der Waals surface area contributed by atoms with Crippen LogP contribution in [0, 0.1) is 20.8 Å². The zero-order valence-electron chi connectivity index (χ0n) is 25.4.